The van der Waals surface area contributed by atoms with Crippen molar-refractivity contribution in [2.75, 3.05) is 19.7 Å². The van der Waals surface area contributed by atoms with Gasteiger partial charge < -0.3 is 19.2 Å². The molecule has 1 N–H and O–H groups in total. The van der Waals surface area contributed by atoms with Crippen molar-refractivity contribution in [3.63, 3.8) is 0 Å². The molecule has 0 bridgehead atoms. The Kier molecular flexibility index (Phi) is 4.47. The largest absolute Gasteiger partial charge is 0.447 e. The van der Waals surface area contributed by atoms with Gasteiger partial charge in [0.05, 0.1) is 12.2 Å². The predicted molar refractivity (Wildman–Crippen MR) is 84.2 cm³/mol. The molecule has 1 spiro atoms. The molecular formula is C17H26N2O4. The lowest BCUT2D eigenvalue weighted by Crippen LogP contribution is -2.62. The molecule has 0 aromatic carbocycles. The lowest BCUT2D eigenvalue weighted by molar-refractivity contribution is -0.207. The number of ether oxygens (including phenoxy) is 1. The van der Waals surface area contributed by atoms with E-state index in [2.05, 4.69) is 4.98 Å². The Labute approximate surface area is 136 Å². The summed E-state index contributed by atoms with van der Waals surface area (Å²) in [4.78, 5) is 18.6. The zero-order valence-electron chi connectivity index (χ0n) is 14.1. The number of likely N-dealkylation sites (tertiary alicyclic amines) is 1. The first kappa shape index (κ1) is 16.5. The van der Waals surface area contributed by atoms with Crippen molar-refractivity contribution in [3.05, 3.63) is 17.8 Å². The molecule has 2 aliphatic rings. The van der Waals surface area contributed by atoms with Crippen LogP contribution in [0, 0.1) is 5.41 Å². The number of piperidine rings is 1. The van der Waals surface area contributed by atoms with E-state index in [1.807, 2.05) is 25.7 Å². The van der Waals surface area contributed by atoms with Crippen LogP contribution in [0.3, 0.4) is 0 Å². The number of hydrogen-bond donors (Lipinski definition) is 1. The highest BCUT2D eigenvalue weighted by atomic mass is 16.5. The Morgan fingerprint density at radius 3 is 2.78 bits per heavy atom. The summed E-state index contributed by atoms with van der Waals surface area (Å²) in [5, 5.41) is 10.2. The van der Waals surface area contributed by atoms with E-state index in [1.54, 1.807) is 0 Å². The zero-order chi connectivity index (χ0) is 16.6. The summed E-state index contributed by atoms with van der Waals surface area (Å²) in [6.07, 6.45) is 3.42. The van der Waals surface area contributed by atoms with Crippen LogP contribution in [0.15, 0.2) is 10.8 Å². The van der Waals surface area contributed by atoms with Crippen LogP contribution < -0.4 is 0 Å². The zero-order valence-corrected chi connectivity index (χ0v) is 14.1. The van der Waals surface area contributed by atoms with Gasteiger partial charge in [-0.15, -0.1) is 0 Å². The van der Waals surface area contributed by atoms with Crippen LogP contribution >= 0.6 is 0 Å². The minimum Gasteiger partial charge on any atom is -0.447 e. The second-order valence-electron chi connectivity index (χ2n) is 6.94. The standard InChI is InChI=1S/C17H26N2O4/c1-4-22-13-9-12(20)17(13)5-7-19(8-6-17)16(21)14-15(11(2)3)23-10-18-14/h10-13,20H,4-9H2,1-3H3/t12-,13-/m1/s1. The Morgan fingerprint density at radius 1 is 1.52 bits per heavy atom. The average molecular weight is 322 g/mol. The van der Waals surface area contributed by atoms with Gasteiger partial charge in [0.2, 0.25) is 0 Å². The molecule has 1 saturated carbocycles. The number of aliphatic hydroxyl groups is 1. The number of rotatable bonds is 4. The summed E-state index contributed by atoms with van der Waals surface area (Å²) >= 11 is 0. The van der Waals surface area contributed by atoms with E-state index in [-0.39, 0.29) is 29.4 Å². The summed E-state index contributed by atoms with van der Waals surface area (Å²) in [6, 6.07) is 0. The molecule has 6 heteroatoms. The van der Waals surface area contributed by atoms with Gasteiger partial charge in [0.15, 0.2) is 12.1 Å². The minimum absolute atomic E-state index is 0.0703. The summed E-state index contributed by atoms with van der Waals surface area (Å²) in [6.45, 7) is 7.88. The molecule has 128 valence electrons. The number of carbonyl (C=O) groups excluding carboxylic acids is 1. The molecular weight excluding hydrogens is 296 g/mol. The van der Waals surface area contributed by atoms with Crippen LogP contribution in [0.5, 0.6) is 0 Å². The number of nitrogens with zero attached hydrogens (tertiary/aromatic N) is 2. The van der Waals surface area contributed by atoms with E-state index >= 15 is 0 Å². The van der Waals surface area contributed by atoms with Crippen LogP contribution in [0.4, 0.5) is 0 Å². The molecule has 1 aromatic heterocycles. The topological polar surface area (TPSA) is 75.8 Å². The van der Waals surface area contributed by atoms with Gasteiger partial charge in [-0.25, -0.2) is 4.98 Å². The van der Waals surface area contributed by atoms with Crippen molar-refractivity contribution in [1.29, 1.82) is 0 Å². The molecule has 2 heterocycles. The van der Waals surface area contributed by atoms with Gasteiger partial charge in [-0.1, -0.05) is 13.8 Å². The smallest absolute Gasteiger partial charge is 0.276 e. The molecule has 1 aliphatic heterocycles. The maximum atomic E-state index is 12.7. The highest BCUT2D eigenvalue weighted by Gasteiger charge is 2.56. The summed E-state index contributed by atoms with van der Waals surface area (Å²) in [5.41, 5.74) is 0.253. The number of amides is 1. The molecule has 1 saturated heterocycles. The Hall–Kier alpha value is -1.40. The van der Waals surface area contributed by atoms with Crippen LogP contribution in [0.1, 0.15) is 62.2 Å². The molecule has 2 atom stereocenters. The van der Waals surface area contributed by atoms with Crippen molar-refractivity contribution in [1.82, 2.24) is 9.88 Å². The summed E-state index contributed by atoms with van der Waals surface area (Å²) in [7, 11) is 0. The molecule has 6 nitrogen and oxygen atoms in total. The Morgan fingerprint density at radius 2 is 2.22 bits per heavy atom. The van der Waals surface area contributed by atoms with Crippen LogP contribution in [0.2, 0.25) is 0 Å². The number of carbonyl (C=O) groups is 1. The number of aromatic nitrogens is 1. The molecule has 0 unspecified atom stereocenters. The van der Waals surface area contributed by atoms with E-state index in [4.69, 9.17) is 9.15 Å². The molecule has 1 aliphatic carbocycles. The van der Waals surface area contributed by atoms with E-state index in [0.29, 0.717) is 37.6 Å². The Balaban J connectivity index is 1.67. The van der Waals surface area contributed by atoms with Gasteiger partial charge in [-0.05, 0) is 19.8 Å². The lowest BCUT2D eigenvalue weighted by atomic mass is 9.58. The highest BCUT2D eigenvalue weighted by molar-refractivity contribution is 5.93. The first-order valence-corrected chi connectivity index (χ1v) is 8.52. The van der Waals surface area contributed by atoms with Crippen molar-refractivity contribution < 1.29 is 19.1 Å². The van der Waals surface area contributed by atoms with E-state index in [9.17, 15) is 9.90 Å². The second-order valence-corrected chi connectivity index (χ2v) is 6.94. The minimum atomic E-state index is -0.311. The maximum absolute atomic E-state index is 12.7. The highest BCUT2D eigenvalue weighted by Crippen LogP contribution is 2.51. The first-order chi connectivity index (χ1) is 11.0. The van der Waals surface area contributed by atoms with Gasteiger partial charge in [-0.3, -0.25) is 4.79 Å². The average Bonchev–Trinajstić information content (AvgIpc) is 3.04. The Bertz CT molecular complexity index is 559. The van der Waals surface area contributed by atoms with E-state index in [1.165, 1.54) is 6.39 Å². The third-order valence-electron chi connectivity index (χ3n) is 5.41. The maximum Gasteiger partial charge on any atom is 0.276 e. The fourth-order valence-corrected chi connectivity index (χ4v) is 3.92. The number of aliphatic hydroxyl groups excluding tert-OH is 1. The lowest BCUT2D eigenvalue weighted by Gasteiger charge is -2.56. The summed E-state index contributed by atoms with van der Waals surface area (Å²) < 4.78 is 11.1. The number of oxazole rings is 1. The fraction of sp³-hybridized carbons (Fsp3) is 0.765. The third kappa shape index (κ3) is 2.68. The molecule has 3 rings (SSSR count). The van der Waals surface area contributed by atoms with Crippen LogP contribution in [0.25, 0.3) is 0 Å². The van der Waals surface area contributed by atoms with E-state index in [0.717, 1.165) is 12.8 Å². The molecule has 0 radical (unpaired) electrons. The van der Waals surface area contributed by atoms with Crippen LogP contribution in [-0.4, -0.2) is 52.8 Å². The molecule has 1 aromatic rings. The van der Waals surface area contributed by atoms with Gasteiger partial charge >= 0.3 is 0 Å². The van der Waals surface area contributed by atoms with Crippen molar-refractivity contribution in [2.24, 2.45) is 5.41 Å². The number of hydrogen-bond acceptors (Lipinski definition) is 5. The second kappa shape index (κ2) is 6.24. The molecule has 2 fully saturated rings. The quantitative estimate of drug-likeness (QED) is 0.919. The van der Waals surface area contributed by atoms with Crippen molar-refractivity contribution >= 4 is 5.91 Å². The molecule has 1 amide bonds. The van der Waals surface area contributed by atoms with Gasteiger partial charge in [-0.2, -0.15) is 0 Å². The fourth-order valence-electron chi connectivity index (χ4n) is 3.92. The van der Waals surface area contributed by atoms with Crippen molar-refractivity contribution in [3.8, 4) is 0 Å². The van der Waals surface area contributed by atoms with Gasteiger partial charge in [0.25, 0.3) is 5.91 Å². The van der Waals surface area contributed by atoms with Crippen molar-refractivity contribution in [2.45, 2.75) is 58.2 Å². The summed E-state index contributed by atoms with van der Waals surface area (Å²) in [5.74, 6) is 0.702. The van der Waals surface area contributed by atoms with E-state index < -0.39 is 0 Å². The van der Waals surface area contributed by atoms with Crippen LogP contribution in [-0.2, 0) is 4.74 Å². The molecule has 23 heavy (non-hydrogen) atoms. The van der Waals surface area contributed by atoms with Gasteiger partial charge in [0, 0.05) is 37.5 Å². The third-order valence-corrected chi connectivity index (χ3v) is 5.41. The predicted octanol–water partition coefficient (Wildman–Crippen LogP) is 2.19. The first-order valence-electron chi connectivity index (χ1n) is 8.52. The normalized spacial score (nSPS) is 26.6. The monoisotopic (exact) mass is 322 g/mol. The van der Waals surface area contributed by atoms with Gasteiger partial charge in [0.1, 0.15) is 5.76 Å². The SMILES string of the molecule is CCO[C@@H]1C[C@@H](O)C12CCN(C(=O)c1ncoc1C(C)C)CC2.